The van der Waals surface area contributed by atoms with E-state index in [0.717, 1.165) is 38.1 Å². The smallest absolute Gasteiger partial charge is 0.193 e. The van der Waals surface area contributed by atoms with E-state index in [4.69, 9.17) is 4.74 Å². The summed E-state index contributed by atoms with van der Waals surface area (Å²) in [6.45, 7) is 11.2. The third kappa shape index (κ3) is 4.85. The molecule has 2 fully saturated rings. The van der Waals surface area contributed by atoms with E-state index in [0.29, 0.717) is 12.0 Å². The van der Waals surface area contributed by atoms with Crippen LogP contribution in [0.5, 0.6) is 0 Å². The van der Waals surface area contributed by atoms with E-state index in [2.05, 4.69) is 34.0 Å². The van der Waals surface area contributed by atoms with Crippen LogP contribution in [-0.4, -0.2) is 75.3 Å². The van der Waals surface area contributed by atoms with Gasteiger partial charge < -0.3 is 15.0 Å². The molecule has 2 atom stereocenters. The van der Waals surface area contributed by atoms with Crippen LogP contribution in [0.2, 0.25) is 0 Å². The highest BCUT2D eigenvalue weighted by Gasteiger charge is 2.25. The van der Waals surface area contributed by atoms with E-state index in [9.17, 15) is 0 Å². The molecule has 0 spiro atoms. The third-order valence-corrected chi connectivity index (χ3v) is 5.20. The molecule has 0 bridgehead atoms. The Morgan fingerprint density at radius 1 is 1.27 bits per heavy atom. The van der Waals surface area contributed by atoms with E-state index < -0.39 is 0 Å². The van der Waals surface area contributed by atoms with Crippen LogP contribution in [-0.2, 0) is 4.74 Å². The van der Waals surface area contributed by atoms with Crippen LogP contribution < -0.4 is 5.32 Å². The molecule has 2 heterocycles. The zero-order valence-electron chi connectivity index (χ0n) is 14.8. The van der Waals surface area contributed by atoms with Gasteiger partial charge in [0.15, 0.2) is 5.96 Å². The highest BCUT2D eigenvalue weighted by molar-refractivity contribution is 5.80. The van der Waals surface area contributed by atoms with Crippen molar-refractivity contribution >= 4 is 5.96 Å². The zero-order chi connectivity index (χ0) is 15.9. The Balaban J connectivity index is 1.74. The number of ether oxygens (including phenoxy) is 1. The molecule has 0 aromatic rings. The first-order chi connectivity index (χ1) is 10.6. The maximum Gasteiger partial charge on any atom is 0.193 e. The maximum absolute atomic E-state index is 5.28. The van der Waals surface area contributed by atoms with Crippen LogP contribution in [0.25, 0.3) is 0 Å². The summed E-state index contributed by atoms with van der Waals surface area (Å²) in [6, 6.07) is 0.571. The highest BCUT2D eigenvalue weighted by Crippen LogP contribution is 2.18. The average Bonchev–Trinajstić information content (AvgIpc) is 2.97. The van der Waals surface area contributed by atoms with Crippen LogP contribution in [0, 0.1) is 11.8 Å². The molecule has 0 aromatic carbocycles. The number of hydrogen-bond acceptors (Lipinski definition) is 3. The lowest BCUT2D eigenvalue weighted by Crippen LogP contribution is -2.48. The van der Waals surface area contributed by atoms with Crippen LogP contribution >= 0.6 is 0 Å². The minimum atomic E-state index is 0.571. The molecule has 0 aliphatic carbocycles. The molecule has 2 saturated heterocycles. The van der Waals surface area contributed by atoms with E-state index in [1.807, 2.05) is 7.05 Å². The van der Waals surface area contributed by atoms with Gasteiger partial charge >= 0.3 is 0 Å². The fourth-order valence-electron chi connectivity index (χ4n) is 3.57. The van der Waals surface area contributed by atoms with E-state index in [1.54, 1.807) is 7.11 Å². The normalized spacial score (nSPS) is 26.5. The molecule has 22 heavy (non-hydrogen) atoms. The third-order valence-electron chi connectivity index (χ3n) is 5.20. The molecule has 2 aliphatic rings. The average molecular weight is 310 g/mol. The largest absolute Gasteiger partial charge is 0.384 e. The molecule has 2 rings (SSSR count). The van der Waals surface area contributed by atoms with Gasteiger partial charge in [0.2, 0.25) is 0 Å². The minimum absolute atomic E-state index is 0.571. The number of aliphatic imine (C=N–C) groups is 1. The van der Waals surface area contributed by atoms with Gasteiger partial charge in [0, 0.05) is 45.8 Å². The SMILES string of the molecule is CN=C(NCC(C)N1CCC(C)CC1)N1CCC(COC)C1. The Labute approximate surface area is 136 Å². The van der Waals surface area contributed by atoms with Crippen molar-refractivity contribution in [1.29, 1.82) is 0 Å². The molecule has 0 saturated carbocycles. The summed E-state index contributed by atoms with van der Waals surface area (Å²) < 4.78 is 5.28. The van der Waals surface area contributed by atoms with Gasteiger partial charge in [-0.3, -0.25) is 9.89 Å². The first-order valence-corrected chi connectivity index (χ1v) is 8.82. The number of piperidine rings is 1. The molecule has 1 N–H and O–H groups in total. The zero-order valence-corrected chi connectivity index (χ0v) is 14.8. The number of likely N-dealkylation sites (tertiary alicyclic amines) is 2. The van der Waals surface area contributed by atoms with Crippen molar-refractivity contribution in [2.24, 2.45) is 16.8 Å². The van der Waals surface area contributed by atoms with Gasteiger partial charge in [-0.25, -0.2) is 0 Å². The molecular formula is C17H34N4O. The highest BCUT2D eigenvalue weighted by atomic mass is 16.5. The Hall–Kier alpha value is -0.810. The summed E-state index contributed by atoms with van der Waals surface area (Å²) in [6.07, 6.45) is 3.88. The van der Waals surface area contributed by atoms with Gasteiger partial charge in [0.1, 0.15) is 0 Å². The predicted molar refractivity (Wildman–Crippen MR) is 92.4 cm³/mol. The number of nitrogens with zero attached hydrogens (tertiary/aromatic N) is 3. The first-order valence-electron chi connectivity index (χ1n) is 8.82. The Morgan fingerprint density at radius 2 is 2.00 bits per heavy atom. The molecule has 2 aliphatic heterocycles. The number of hydrogen-bond donors (Lipinski definition) is 1. The lowest BCUT2D eigenvalue weighted by Gasteiger charge is -2.35. The lowest BCUT2D eigenvalue weighted by atomic mass is 9.98. The first kappa shape index (κ1) is 17.5. The van der Waals surface area contributed by atoms with Gasteiger partial charge in [-0.15, -0.1) is 0 Å². The van der Waals surface area contributed by atoms with Gasteiger partial charge in [-0.2, -0.15) is 0 Å². The molecule has 0 aromatic heterocycles. The van der Waals surface area contributed by atoms with Crippen molar-refractivity contribution in [2.45, 2.75) is 39.2 Å². The van der Waals surface area contributed by atoms with E-state index >= 15 is 0 Å². The van der Waals surface area contributed by atoms with Gasteiger partial charge in [0.05, 0.1) is 6.61 Å². The van der Waals surface area contributed by atoms with Crippen LogP contribution in [0.15, 0.2) is 4.99 Å². The number of nitrogens with one attached hydrogen (secondary N) is 1. The van der Waals surface area contributed by atoms with Crippen LogP contribution in [0.4, 0.5) is 0 Å². The molecule has 5 nitrogen and oxygen atoms in total. The second kappa shape index (κ2) is 8.73. The van der Waals surface area contributed by atoms with Crippen molar-refractivity contribution in [3.63, 3.8) is 0 Å². The Morgan fingerprint density at radius 3 is 2.64 bits per heavy atom. The monoisotopic (exact) mass is 310 g/mol. The molecule has 2 unspecified atom stereocenters. The molecule has 0 radical (unpaired) electrons. The fraction of sp³-hybridized carbons (Fsp3) is 0.941. The van der Waals surface area contributed by atoms with Crippen molar-refractivity contribution in [1.82, 2.24) is 15.1 Å². The second-order valence-corrected chi connectivity index (χ2v) is 7.05. The maximum atomic E-state index is 5.28. The van der Waals surface area contributed by atoms with E-state index in [-0.39, 0.29) is 0 Å². The van der Waals surface area contributed by atoms with Gasteiger partial charge in [-0.1, -0.05) is 6.92 Å². The predicted octanol–water partition coefficient (Wildman–Crippen LogP) is 1.65. The van der Waals surface area contributed by atoms with Gasteiger partial charge in [-0.05, 0) is 45.2 Å². The molecule has 0 amide bonds. The minimum Gasteiger partial charge on any atom is -0.384 e. The van der Waals surface area contributed by atoms with Crippen molar-refractivity contribution in [3.05, 3.63) is 0 Å². The van der Waals surface area contributed by atoms with Crippen LogP contribution in [0.1, 0.15) is 33.1 Å². The number of methoxy groups -OCH3 is 1. The summed E-state index contributed by atoms with van der Waals surface area (Å²) >= 11 is 0. The topological polar surface area (TPSA) is 40.1 Å². The fourth-order valence-corrected chi connectivity index (χ4v) is 3.57. The summed E-state index contributed by atoms with van der Waals surface area (Å²) in [4.78, 5) is 9.44. The number of guanidine groups is 1. The summed E-state index contributed by atoms with van der Waals surface area (Å²) in [7, 11) is 3.68. The summed E-state index contributed by atoms with van der Waals surface area (Å²) in [5.74, 6) is 2.59. The lowest BCUT2D eigenvalue weighted by molar-refractivity contribution is 0.147. The van der Waals surface area contributed by atoms with Crippen molar-refractivity contribution in [2.75, 3.05) is 53.5 Å². The molecule has 128 valence electrons. The van der Waals surface area contributed by atoms with Crippen molar-refractivity contribution in [3.8, 4) is 0 Å². The Kier molecular flexibility index (Phi) is 6.96. The number of rotatable bonds is 5. The molecule has 5 heteroatoms. The summed E-state index contributed by atoms with van der Waals surface area (Å²) in [5, 5.41) is 3.58. The van der Waals surface area contributed by atoms with Crippen molar-refractivity contribution < 1.29 is 4.74 Å². The quantitative estimate of drug-likeness (QED) is 0.619. The molecular weight excluding hydrogens is 276 g/mol. The van der Waals surface area contributed by atoms with E-state index in [1.165, 1.54) is 32.4 Å². The van der Waals surface area contributed by atoms with Crippen LogP contribution in [0.3, 0.4) is 0 Å². The summed E-state index contributed by atoms with van der Waals surface area (Å²) in [5.41, 5.74) is 0. The standard InChI is InChI=1S/C17H34N4O/c1-14-5-8-20(9-6-14)15(2)11-19-17(18-3)21-10-7-16(12-21)13-22-4/h14-16H,5-13H2,1-4H3,(H,18,19). The Bertz CT molecular complexity index is 353. The second-order valence-electron chi connectivity index (χ2n) is 7.05. The van der Waals surface area contributed by atoms with Gasteiger partial charge in [0.25, 0.3) is 0 Å².